The maximum absolute atomic E-state index is 11.9. The fourth-order valence-electron chi connectivity index (χ4n) is 2.17. The van der Waals surface area contributed by atoms with Crippen LogP contribution in [-0.4, -0.2) is 11.9 Å². The van der Waals surface area contributed by atoms with E-state index in [0.29, 0.717) is 5.02 Å². The number of hydrogen-bond donors (Lipinski definition) is 1. The Bertz CT molecular complexity index is 637. The fourth-order valence-corrected chi connectivity index (χ4v) is 2.37. The number of carbonyl (C=O) groups is 1. The van der Waals surface area contributed by atoms with E-state index in [1.165, 1.54) is 11.6 Å². The van der Waals surface area contributed by atoms with Crippen molar-refractivity contribution in [2.45, 2.75) is 25.8 Å². The maximum Gasteiger partial charge on any atom is 0.244 e. The van der Waals surface area contributed by atoms with Crippen molar-refractivity contribution in [1.29, 1.82) is 0 Å². The van der Waals surface area contributed by atoms with Gasteiger partial charge in [0, 0.05) is 17.1 Å². The molecule has 0 aliphatic carbocycles. The molecular formula is C19H20ClNO. The van der Waals surface area contributed by atoms with Crippen LogP contribution >= 0.6 is 11.6 Å². The fraction of sp³-hybridized carbons (Fsp3) is 0.211. The Hall–Kier alpha value is -2.06. The molecule has 0 heterocycles. The van der Waals surface area contributed by atoms with Crippen molar-refractivity contribution in [2.24, 2.45) is 0 Å². The number of rotatable bonds is 6. The molecule has 1 atom stereocenters. The third kappa shape index (κ3) is 5.38. The number of nitrogens with one attached hydrogen (secondary N) is 1. The lowest BCUT2D eigenvalue weighted by Gasteiger charge is -2.12. The van der Waals surface area contributed by atoms with Crippen molar-refractivity contribution in [3.8, 4) is 0 Å². The van der Waals surface area contributed by atoms with Gasteiger partial charge in [-0.25, -0.2) is 0 Å². The average Bonchev–Trinajstić information content (AvgIpc) is 2.53. The molecule has 1 unspecified atom stereocenters. The molecule has 0 aromatic heterocycles. The van der Waals surface area contributed by atoms with Crippen molar-refractivity contribution in [3.05, 3.63) is 76.8 Å². The zero-order valence-electron chi connectivity index (χ0n) is 12.6. The third-order valence-electron chi connectivity index (χ3n) is 3.42. The normalized spacial score (nSPS) is 12.3. The van der Waals surface area contributed by atoms with Crippen LogP contribution in [0, 0.1) is 0 Å². The lowest BCUT2D eigenvalue weighted by Crippen LogP contribution is -2.31. The van der Waals surface area contributed by atoms with Gasteiger partial charge in [-0.05, 0) is 43.0 Å². The first-order valence-corrected chi connectivity index (χ1v) is 7.80. The monoisotopic (exact) mass is 313 g/mol. The van der Waals surface area contributed by atoms with E-state index in [4.69, 9.17) is 11.6 Å². The van der Waals surface area contributed by atoms with Crippen molar-refractivity contribution < 1.29 is 4.79 Å². The van der Waals surface area contributed by atoms with E-state index in [2.05, 4.69) is 17.4 Å². The Morgan fingerprint density at radius 2 is 1.82 bits per heavy atom. The minimum absolute atomic E-state index is 0.0968. The molecule has 0 saturated heterocycles. The first-order valence-electron chi connectivity index (χ1n) is 7.42. The Labute approximate surface area is 136 Å². The van der Waals surface area contributed by atoms with Gasteiger partial charge in [0.15, 0.2) is 0 Å². The van der Waals surface area contributed by atoms with Gasteiger partial charge in [0.05, 0.1) is 0 Å². The highest BCUT2D eigenvalue weighted by Gasteiger charge is 2.05. The SMILES string of the molecule is CC(CCc1ccccc1)NC(=O)/C=C/c1ccccc1Cl. The van der Waals surface area contributed by atoms with Gasteiger partial charge in [-0.3, -0.25) is 4.79 Å². The number of amides is 1. The van der Waals surface area contributed by atoms with Crippen LogP contribution in [0.5, 0.6) is 0 Å². The van der Waals surface area contributed by atoms with Gasteiger partial charge in [-0.2, -0.15) is 0 Å². The van der Waals surface area contributed by atoms with Crippen LogP contribution in [0.25, 0.3) is 6.08 Å². The van der Waals surface area contributed by atoms with Crippen molar-refractivity contribution in [3.63, 3.8) is 0 Å². The van der Waals surface area contributed by atoms with E-state index >= 15 is 0 Å². The van der Waals surface area contributed by atoms with Crippen molar-refractivity contribution >= 4 is 23.6 Å². The summed E-state index contributed by atoms with van der Waals surface area (Å²) in [4.78, 5) is 11.9. The maximum atomic E-state index is 11.9. The molecule has 0 fully saturated rings. The Morgan fingerprint density at radius 3 is 2.55 bits per heavy atom. The molecule has 0 radical (unpaired) electrons. The minimum Gasteiger partial charge on any atom is -0.350 e. The summed E-state index contributed by atoms with van der Waals surface area (Å²) < 4.78 is 0. The van der Waals surface area contributed by atoms with E-state index in [1.807, 2.05) is 49.4 Å². The molecule has 114 valence electrons. The quantitative estimate of drug-likeness (QED) is 0.782. The van der Waals surface area contributed by atoms with E-state index in [9.17, 15) is 4.79 Å². The summed E-state index contributed by atoms with van der Waals surface area (Å²) in [5.74, 6) is -0.0968. The first-order chi connectivity index (χ1) is 10.6. The molecule has 22 heavy (non-hydrogen) atoms. The van der Waals surface area contributed by atoms with Gasteiger partial charge in [-0.15, -0.1) is 0 Å². The van der Waals surface area contributed by atoms with E-state index < -0.39 is 0 Å². The molecule has 2 nitrogen and oxygen atoms in total. The summed E-state index contributed by atoms with van der Waals surface area (Å²) in [6, 6.07) is 17.9. The summed E-state index contributed by atoms with van der Waals surface area (Å²) in [5.41, 5.74) is 2.13. The number of aryl methyl sites for hydroxylation is 1. The molecule has 0 aliphatic heterocycles. The minimum atomic E-state index is -0.0968. The highest BCUT2D eigenvalue weighted by atomic mass is 35.5. The van der Waals surface area contributed by atoms with E-state index in [0.717, 1.165) is 18.4 Å². The zero-order chi connectivity index (χ0) is 15.8. The average molecular weight is 314 g/mol. The van der Waals surface area contributed by atoms with Crippen LogP contribution in [0.2, 0.25) is 5.02 Å². The van der Waals surface area contributed by atoms with Gasteiger partial charge in [0.2, 0.25) is 5.91 Å². The zero-order valence-corrected chi connectivity index (χ0v) is 13.4. The molecule has 1 amide bonds. The number of carbonyl (C=O) groups excluding carboxylic acids is 1. The molecule has 2 aromatic carbocycles. The van der Waals surface area contributed by atoms with E-state index in [1.54, 1.807) is 6.08 Å². The lowest BCUT2D eigenvalue weighted by atomic mass is 10.1. The predicted molar refractivity (Wildman–Crippen MR) is 92.9 cm³/mol. The number of benzene rings is 2. The van der Waals surface area contributed by atoms with Crippen molar-refractivity contribution in [2.75, 3.05) is 0 Å². The standard InChI is InChI=1S/C19H20ClNO/c1-15(11-12-16-7-3-2-4-8-16)21-19(22)14-13-17-9-5-6-10-18(17)20/h2-10,13-15H,11-12H2,1H3,(H,21,22)/b14-13+. The molecule has 1 N–H and O–H groups in total. The number of hydrogen-bond acceptors (Lipinski definition) is 1. The molecule has 3 heteroatoms. The number of halogens is 1. The molecule has 0 spiro atoms. The topological polar surface area (TPSA) is 29.1 Å². The summed E-state index contributed by atoms with van der Waals surface area (Å²) in [6.07, 6.45) is 5.13. The molecule has 2 rings (SSSR count). The highest BCUT2D eigenvalue weighted by Crippen LogP contribution is 2.16. The second-order valence-electron chi connectivity index (χ2n) is 5.29. The molecule has 0 bridgehead atoms. The molecular weight excluding hydrogens is 294 g/mol. The van der Waals surface area contributed by atoms with Crippen LogP contribution < -0.4 is 5.32 Å². The van der Waals surface area contributed by atoms with Crippen LogP contribution in [0.3, 0.4) is 0 Å². The molecule has 0 saturated carbocycles. The third-order valence-corrected chi connectivity index (χ3v) is 3.76. The second kappa shape index (κ2) is 8.40. The van der Waals surface area contributed by atoms with E-state index in [-0.39, 0.29) is 11.9 Å². The summed E-state index contributed by atoms with van der Waals surface area (Å²) >= 11 is 6.05. The highest BCUT2D eigenvalue weighted by molar-refractivity contribution is 6.32. The van der Waals surface area contributed by atoms with Crippen LogP contribution in [0.1, 0.15) is 24.5 Å². The lowest BCUT2D eigenvalue weighted by molar-refractivity contribution is -0.117. The Balaban J connectivity index is 1.80. The van der Waals surface area contributed by atoms with Crippen molar-refractivity contribution in [1.82, 2.24) is 5.32 Å². The Kier molecular flexibility index (Phi) is 6.23. The van der Waals surface area contributed by atoms with Gasteiger partial charge >= 0.3 is 0 Å². The van der Waals surface area contributed by atoms with Gasteiger partial charge < -0.3 is 5.32 Å². The Morgan fingerprint density at radius 1 is 1.14 bits per heavy atom. The molecule has 2 aromatic rings. The first kappa shape index (κ1) is 16.3. The second-order valence-corrected chi connectivity index (χ2v) is 5.70. The predicted octanol–water partition coefficient (Wildman–Crippen LogP) is 4.49. The summed E-state index contributed by atoms with van der Waals surface area (Å²) in [5, 5.41) is 3.61. The summed E-state index contributed by atoms with van der Waals surface area (Å²) in [6.45, 7) is 2.02. The van der Waals surface area contributed by atoms with Crippen LogP contribution in [0.15, 0.2) is 60.7 Å². The van der Waals surface area contributed by atoms with Gasteiger partial charge in [-0.1, -0.05) is 60.1 Å². The van der Waals surface area contributed by atoms with Crippen LogP contribution in [0.4, 0.5) is 0 Å². The molecule has 0 aliphatic rings. The van der Waals surface area contributed by atoms with Crippen LogP contribution in [-0.2, 0) is 11.2 Å². The largest absolute Gasteiger partial charge is 0.350 e. The van der Waals surface area contributed by atoms with Gasteiger partial charge in [0.25, 0.3) is 0 Å². The smallest absolute Gasteiger partial charge is 0.244 e. The van der Waals surface area contributed by atoms with Gasteiger partial charge in [0.1, 0.15) is 0 Å². The summed E-state index contributed by atoms with van der Waals surface area (Å²) in [7, 11) is 0.